The van der Waals surface area contributed by atoms with Crippen LogP contribution >= 0.6 is 0 Å². The van der Waals surface area contributed by atoms with Gasteiger partial charge in [0.15, 0.2) is 0 Å². The Morgan fingerprint density at radius 1 is 1.04 bits per heavy atom. The summed E-state index contributed by atoms with van der Waals surface area (Å²) in [6.07, 6.45) is 2.42. The second-order valence-electron chi connectivity index (χ2n) is 5.24. The molecule has 0 spiro atoms. The smallest absolute Gasteiger partial charge is 0.315 e. The van der Waals surface area contributed by atoms with Gasteiger partial charge in [0, 0.05) is 18.5 Å². The van der Waals surface area contributed by atoms with Gasteiger partial charge in [0.25, 0.3) is 0 Å². The Bertz CT molecular complexity index is 796. The van der Waals surface area contributed by atoms with E-state index in [1.54, 1.807) is 18.4 Å². The molecule has 5 heteroatoms. The van der Waals surface area contributed by atoms with Crippen molar-refractivity contribution in [3.05, 3.63) is 71.7 Å². The zero-order valence-corrected chi connectivity index (χ0v) is 12.5. The number of urea groups is 1. The van der Waals surface area contributed by atoms with Crippen molar-refractivity contribution < 1.29 is 13.6 Å². The Labute approximate surface area is 133 Å². The first-order chi connectivity index (χ1) is 11.2. The number of fused-ring (bicyclic) bond motifs is 1. The fourth-order valence-corrected chi connectivity index (χ4v) is 2.38. The molecule has 0 saturated carbocycles. The minimum atomic E-state index is -0.287. The van der Waals surface area contributed by atoms with E-state index in [0.717, 1.165) is 22.1 Å². The van der Waals surface area contributed by atoms with Crippen LogP contribution in [-0.4, -0.2) is 12.6 Å². The average Bonchev–Trinajstić information content (AvgIpc) is 2.98. The summed E-state index contributed by atoms with van der Waals surface area (Å²) in [5.74, 6) is -0.287. The van der Waals surface area contributed by atoms with Crippen molar-refractivity contribution in [3.63, 3.8) is 0 Å². The van der Waals surface area contributed by atoms with Gasteiger partial charge in [0.05, 0.1) is 6.26 Å². The van der Waals surface area contributed by atoms with Crippen molar-refractivity contribution in [2.45, 2.75) is 13.0 Å². The Balaban J connectivity index is 1.45. The van der Waals surface area contributed by atoms with Crippen molar-refractivity contribution >= 4 is 17.0 Å². The van der Waals surface area contributed by atoms with Gasteiger partial charge in [-0.2, -0.15) is 0 Å². The monoisotopic (exact) mass is 312 g/mol. The molecule has 3 aromatic rings. The largest absolute Gasteiger partial charge is 0.464 e. The van der Waals surface area contributed by atoms with Gasteiger partial charge >= 0.3 is 6.03 Å². The first-order valence-corrected chi connectivity index (χ1v) is 7.43. The van der Waals surface area contributed by atoms with Crippen LogP contribution in [0.1, 0.15) is 11.1 Å². The summed E-state index contributed by atoms with van der Waals surface area (Å²) < 4.78 is 18.3. The molecule has 23 heavy (non-hydrogen) atoms. The average molecular weight is 312 g/mol. The summed E-state index contributed by atoms with van der Waals surface area (Å²) in [7, 11) is 0. The van der Waals surface area contributed by atoms with Crippen LogP contribution < -0.4 is 10.6 Å². The van der Waals surface area contributed by atoms with Gasteiger partial charge in [-0.25, -0.2) is 9.18 Å². The highest BCUT2D eigenvalue weighted by atomic mass is 19.1. The molecule has 1 aromatic heterocycles. The van der Waals surface area contributed by atoms with E-state index in [1.807, 2.05) is 24.3 Å². The molecular formula is C18H17FN2O2. The van der Waals surface area contributed by atoms with Crippen LogP contribution in [0.15, 0.2) is 59.2 Å². The predicted octanol–water partition coefficient (Wildman–Crippen LogP) is 3.61. The summed E-state index contributed by atoms with van der Waals surface area (Å²) in [6.45, 7) is 0.875. The van der Waals surface area contributed by atoms with Crippen LogP contribution in [0.3, 0.4) is 0 Å². The highest BCUT2D eigenvalue weighted by Crippen LogP contribution is 2.20. The molecule has 0 saturated heterocycles. The van der Waals surface area contributed by atoms with Crippen LogP contribution in [0.4, 0.5) is 9.18 Å². The third-order valence-electron chi connectivity index (χ3n) is 3.61. The number of amides is 2. The predicted molar refractivity (Wildman–Crippen MR) is 86.6 cm³/mol. The maximum absolute atomic E-state index is 12.8. The summed E-state index contributed by atoms with van der Waals surface area (Å²) in [5.41, 5.74) is 2.77. The van der Waals surface area contributed by atoms with E-state index in [4.69, 9.17) is 4.42 Å². The van der Waals surface area contributed by atoms with Crippen LogP contribution in [0.25, 0.3) is 11.0 Å². The Morgan fingerprint density at radius 2 is 1.83 bits per heavy atom. The first kappa shape index (κ1) is 15.1. The Morgan fingerprint density at radius 3 is 2.65 bits per heavy atom. The lowest BCUT2D eigenvalue weighted by atomic mass is 10.1. The zero-order chi connectivity index (χ0) is 16.1. The second-order valence-corrected chi connectivity index (χ2v) is 5.24. The molecule has 118 valence electrons. The van der Waals surface area contributed by atoms with E-state index in [-0.39, 0.29) is 11.8 Å². The normalized spacial score (nSPS) is 10.7. The minimum Gasteiger partial charge on any atom is -0.464 e. The Hall–Kier alpha value is -2.82. The number of carbonyl (C=O) groups is 1. The molecule has 0 bridgehead atoms. The Kier molecular flexibility index (Phi) is 4.57. The van der Waals surface area contributed by atoms with Gasteiger partial charge in [0.2, 0.25) is 0 Å². The molecule has 4 nitrogen and oxygen atoms in total. The molecule has 0 fully saturated rings. The van der Waals surface area contributed by atoms with Crippen LogP contribution in [0, 0.1) is 5.82 Å². The van der Waals surface area contributed by atoms with E-state index in [0.29, 0.717) is 19.5 Å². The van der Waals surface area contributed by atoms with E-state index < -0.39 is 0 Å². The van der Waals surface area contributed by atoms with Crippen molar-refractivity contribution in [1.82, 2.24) is 10.6 Å². The minimum absolute atomic E-state index is 0.248. The maximum atomic E-state index is 12.8. The number of benzene rings is 2. The molecule has 0 aliphatic rings. The van der Waals surface area contributed by atoms with Gasteiger partial charge in [-0.3, -0.25) is 0 Å². The number of rotatable bonds is 5. The van der Waals surface area contributed by atoms with Gasteiger partial charge < -0.3 is 15.1 Å². The standard InChI is InChI=1S/C18H17FN2O2/c19-15-7-5-13(6-8-15)11-21-18(22)20-10-9-14-12-23-17-4-2-1-3-16(14)17/h1-8,12H,9-11H2,(H2,20,21,22). The SMILES string of the molecule is O=C(NCCc1coc2ccccc12)NCc1ccc(F)cc1. The number of carbonyl (C=O) groups excluding carboxylic acids is 1. The molecular weight excluding hydrogens is 295 g/mol. The van der Waals surface area contributed by atoms with E-state index in [2.05, 4.69) is 10.6 Å². The summed E-state index contributed by atoms with van der Waals surface area (Å²) in [5, 5.41) is 6.61. The molecule has 2 aromatic carbocycles. The number of furan rings is 1. The van der Waals surface area contributed by atoms with Crippen LogP contribution in [0.5, 0.6) is 0 Å². The highest BCUT2D eigenvalue weighted by Gasteiger charge is 2.06. The topological polar surface area (TPSA) is 54.3 Å². The molecule has 2 amide bonds. The van der Waals surface area contributed by atoms with Crippen LogP contribution in [0.2, 0.25) is 0 Å². The molecule has 0 unspecified atom stereocenters. The van der Waals surface area contributed by atoms with Crippen molar-refractivity contribution in [3.8, 4) is 0 Å². The summed E-state index contributed by atoms with van der Waals surface area (Å²) >= 11 is 0. The summed E-state index contributed by atoms with van der Waals surface area (Å²) in [4.78, 5) is 11.8. The van der Waals surface area contributed by atoms with E-state index >= 15 is 0 Å². The molecule has 3 rings (SSSR count). The second kappa shape index (κ2) is 6.96. The lowest BCUT2D eigenvalue weighted by Gasteiger charge is -2.07. The fraction of sp³-hybridized carbons (Fsp3) is 0.167. The lowest BCUT2D eigenvalue weighted by molar-refractivity contribution is 0.240. The third-order valence-corrected chi connectivity index (χ3v) is 3.61. The van der Waals surface area contributed by atoms with E-state index in [1.165, 1.54) is 12.1 Å². The van der Waals surface area contributed by atoms with Crippen molar-refractivity contribution in [1.29, 1.82) is 0 Å². The maximum Gasteiger partial charge on any atom is 0.315 e. The lowest BCUT2D eigenvalue weighted by Crippen LogP contribution is -2.36. The number of para-hydroxylation sites is 1. The molecule has 1 heterocycles. The van der Waals surface area contributed by atoms with Crippen LogP contribution in [-0.2, 0) is 13.0 Å². The van der Waals surface area contributed by atoms with Crippen molar-refractivity contribution in [2.24, 2.45) is 0 Å². The van der Waals surface area contributed by atoms with Crippen molar-refractivity contribution in [2.75, 3.05) is 6.54 Å². The van der Waals surface area contributed by atoms with Gasteiger partial charge in [-0.1, -0.05) is 30.3 Å². The number of hydrogen-bond acceptors (Lipinski definition) is 2. The molecule has 0 aliphatic carbocycles. The molecule has 0 atom stereocenters. The molecule has 0 radical (unpaired) electrons. The van der Waals surface area contributed by atoms with Gasteiger partial charge in [0.1, 0.15) is 11.4 Å². The zero-order valence-electron chi connectivity index (χ0n) is 12.5. The quantitative estimate of drug-likeness (QED) is 0.756. The highest BCUT2D eigenvalue weighted by molar-refractivity contribution is 5.81. The van der Waals surface area contributed by atoms with E-state index in [9.17, 15) is 9.18 Å². The van der Waals surface area contributed by atoms with Gasteiger partial charge in [-0.05, 0) is 35.7 Å². The summed E-state index contributed by atoms with van der Waals surface area (Å²) in [6, 6.07) is 13.6. The third kappa shape index (κ3) is 3.88. The number of halogens is 1. The fourth-order valence-electron chi connectivity index (χ4n) is 2.38. The van der Waals surface area contributed by atoms with Gasteiger partial charge in [-0.15, -0.1) is 0 Å². The molecule has 0 aliphatic heterocycles. The molecule has 2 N–H and O–H groups in total. The number of nitrogens with one attached hydrogen (secondary N) is 2. The first-order valence-electron chi connectivity index (χ1n) is 7.43. The number of hydrogen-bond donors (Lipinski definition) is 2.